The van der Waals surface area contributed by atoms with E-state index in [1.165, 1.54) is 12.1 Å². The fourth-order valence-corrected chi connectivity index (χ4v) is 3.01. The van der Waals surface area contributed by atoms with Gasteiger partial charge in [0.2, 0.25) is 5.95 Å². The van der Waals surface area contributed by atoms with E-state index in [2.05, 4.69) is 20.5 Å². The van der Waals surface area contributed by atoms with Crippen molar-refractivity contribution in [1.82, 2.24) is 9.97 Å². The SMILES string of the molecule is CCC1(N=O)CN(c2nc(N)nc(Nc3cccc(C(F)(F)F)c3)c2C=N)C1. The second kappa shape index (κ2) is 7.06. The quantitative estimate of drug-likeness (QED) is 0.510. The van der Waals surface area contributed by atoms with Crippen LogP contribution >= 0.6 is 0 Å². The van der Waals surface area contributed by atoms with Crippen LogP contribution in [0.4, 0.5) is 36.4 Å². The molecule has 2 aromatic rings. The highest BCUT2D eigenvalue weighted by atomic mass is 19.4. The first-order chi connectivity index (χ1) is 13.2. The topological polar surface area (TPSA) is 120 Å². The molecule has 1 aromatic carbocycles. The summed E-state index contributed by atoms with van der Waals surface area (Å²) in [5.74, 6) is 0.317. The van der Waals surface area contributed by atoms with E-state index in [1.54, 1.807) is 4.90 Å². The number of nitrogens with zero attached hydrogens (tertiary/aromatic N) is 4. The van der Waals surface area contributed by atoms with E-state index in [4.69, 9.17) is 11.1 Å². The minimum absolute atomic E-state index is 0.102. The van der Waals surface area contributed by atoms with E-state index in [-0.39, 0.29) is 23.0 Å². The summed E-state index contributed by atoms with van der Waals surface area (Å²) in [6, 6.07) is 4.61. The van der Waals surface area contributed by atoms with Crippen LogP contribution < -0.4 is 16.0 Å². The third kappa shape index (κ3) is 3.59. The monoisotopic (exact) mass is 393 g/mol. The Hall–Kier alpha value is -3.24. The summed E-state index contributed by atoms with van der Waals surface area (Å²) in [6.45, 7) is 2.48. The molecule has 4 N–H and O–H groups in total. The highest BCUT2D eigenvalue weighted by Crippen LogP contribution is 2.36. The number of aromatic nitrogens is 2. The lowest BCUT2D eigenvalue weighted by atomic mass is 9.88. The van der Waals surface area contributed by atoms with Gasteiger partial charge in [-0.2, -0.15) is 28.0 Å². The van der Waals surface area contributed by atoms with Crippen LogP contribution in [0.15, 0.2) is 29.4 Å². The fraction of sp³-hybridized carbons (Fsp3) is 0.353. The lowest BCUT2D eigenvalue weighted by Crippen LogP contribution is -2.60. The third-order valence-electron chi connectivity index (χ3n) is 4.66. The molecule has 1 aliphatic heterocycles. The Balaban J connectivity index is 1.94. The average molecular weight is 393 g/mol. The predicted molar refractivity (Wildman–Crippen MR) is 100 cm³/mol. The summed E-state index contributed by atoms with van der Waals surface area (Å²) in [6.07, 6.45) is -2.94. The van der Waals surface area contributed by atoms with E-state index in [0.29, 0.717) is 25.3 Å². The fourth-order valence-electron chi connectivity index (χ4n) is 3.01. The molecule has 0 bridgehead atoms. The Morgan fingerprint density at radius 2 is 2.11 bits per heavy atom. The molecule has 1 aromatic heterocycles. The summed E-state index contributed by atoms with van der Waals surface area (Å²) >= 11 is 0. The number of alkyl halides is 3. The number of nitroso groups, excluding NO2 is 1. The van der Waals surface area contributed by atoms with Gasteiger partial charge in [0, 0.05) is 25.0 Å². The van der Waals surface area contributed by atoms with Gasteiger partial charge in [-0.25, -0.2) is 0 Å². The van der Waals surface area contributed by atoms with Crippen molar-refractivity contribution in [2.75, 3.05) is 29.0 Å². The van der Waals surface area contributed by atoms with Crippen molar-refractivity contribution >= 4 is 29.5 Å². The first-order valence-electron chi connectivity index (χ1n) is 8.43. The van der Waals surface area contributed by atoms with E-state index in [9.17, 15) is 18.1 Å². The maximum atomic E-state index is 12.9. The van der Waals surface area contributed by atoms with Crippen molar-refractivity contribution in [2.45, 2.75) is 25.1 Å². The Labute approximate surface area is 158 Å². The van der Waals surface area contributed by atoms with Gasteiger partial charge in [-0.1, -0.05) is 18.2 Å². The molecule has 1 aliphatic rings. The maximum absolute atomic E-state index is 12.9. The number of benzene rings is 1. The van der Waals surface area contributed by atoms with Gasteiger partial charge in [-0.3, -0.25) is 0 Å². The summed E-state index contributed by atoms with van der Waals surface area (Å²) in [5, 5.41) is 13.7. The molecule has 0 atom stereocenters. The molecule has 0 aliphatic carbocycles. The number of nitrogen functional groups attached to an aromatic ring is 1. The summed E-state index contributed by atoms with van der Waals surface area (Å²) in [7, 11) is 0. The van der Waals surface area contributed by atoms with E-state index >= 15 is 0 Å². The first-order valence-corrected chi connectivity index (χ1v) is 8.43. The molecule has 3 rings (SSSR count). The van der Waals surface area contributed by atoms with Crippen LogP contribution in [-0.2, 0) is 6.18 Å². The zero-order valence-electron chi connectivity index (χ0n) is 14.9. The molecule has 0 unspecified atom stereocenters. The van der Waals surface area contributed by atoms with Gasteiger partial charge in [-0.15, -0.1) is 0 Å². The second-order valence-corrected chi connectivity index (χ2v) is 6.54. The Morgan fingerprint density at radius 3 is 2.68 bits per heavy atom. The van der Waals surface area contributed by atoms with Gasteiger partial charge in [0.05, 0.1) is 11.1 Å². The van der Waals surface area contributed by atoms with Crippen molar-refractivity contribution in [3.8, 4) is 0 Å². The van der Waals surface area contributed by atoms with Gasteiger partial charge >= 0.3 is 6.18 Å². The van der Waals surface area contributed by atoms with Crippen LogP contribution in [0.3, 0.4) is 0 Å². The van der Waals surface area contributed by atoms with Gasteiger partial charge in [0.15, 0.2) is 0 Å². The lowest BCUT2D eigenvalue weighted by Gasteiger charge is -2.45. The van der Waals surface area contributed by atoms with Crippen LogP contribution in [0.2, 0.25) is 0 Å². The van der Waals surface area contributed by atoms with Crippen molar-refractivity contribution in [1.29, 1.82) is 5.41 Å². The van der Waals surface area contributed by atoms with Gasteiger partial charge < -0.3 is 21.4 Å². The molecule has 1 fully saturated rings. The van der Waals surface area contributed by atoms with Gasteiger partial charge in [-0.05, 0) is 24.6 Å². The molecule has 28 heavy (non-hydrogen) atoms. The van der Waals surface area contributed by atoms with Crippen LogP contribution in [-0.4, -0.2) is 34.8 Å². The smallest absolute Gasteiger partial charge is 0.368 e. The summed E-state index contributed by atoms with van der Waals surface area (Å²) < 4.78 is 38.8. The minimum atomic E-state index is -4.49. The van der Waals surface area contributed by atoms with Crippen LogP contribution in [0.5, 0.6) is 0 Å². The molecule has 11 heteroatoms. The molecular weight excluding hydrogens is 375 g/mol. The third-order valence-corrected chi connectivity index (χ3v) is 4.66. The molecule has 0 amide bonds. The van der Waals surface area contributed by atoms with Crippen LogP contribution in [0.25, 0.3) is 0 Å². The second-order valence-electron chi connectivity index (χ2n) is 6.54. The first kappa shape index (κ1) is 19.5. The lowest BCUT2D eigenvalue weighted by molar-refractivity contribution is -0.137. The van der Waals surface area contributed by atoms with E-state index in [1.807, 2.05) is 6.92 Å². The molecule has 0 spiro atoms. The van der Waals surface area contributed by atoms with Crippen molar-refractivity contribution < 1.29 is 13.2 Å². The number of hydrogen-bond acceptors (Lipinski definition) is 8. The van der Waals surface area contributed by atoms with E-state index in [0.717, 1.165) is 18.3 Å². The maximum Gasteiger partial charge on any atom is 0.416 e. The number of anilines is 4. The molecule has 1 saturated heterocycles. The summed E-state index contributed by atoms with van der Waals surface area (Å²) in [5.41, 5.74) is 4.62. The molecule has 8 nitrogen and oxygen atoms in total. The number of halogens is 3. The zero-order chi connectivity index (χ0) is 20.5. The highest BCUT2D eigenvalue weighted by Gasteiger charge is 2.45. The number of rotatable bonds is 6. The van der Waals surface area contributed by atoms with Crippen LogP contribution in [0.1, 0.15) is 24.5 Å². The Morgan fingerprint density at radius 1 is 1.39 bits per heavy atom. The molecular formula is C17H18F3N7O. The largest absolute Gasteiger partial charge is 0.416 e. The van der Waals surface area contributed by atoms with Crippen molar-refractivity contribution in [3.63, 3.8) is 0 Å². The predicted octanol–water partition coefficient (Wildman–Crippen LogP) is 3.55. The van der Waals surface area contributed by atoms with Gasteiger partial charge in [0.1, 0.15) is 17.2 Å². The number of nitrogens with one attached hydrogen (secondary N) is 2. The molecule has 0 saturated carbocycles. The Kier molecular flexibility index (Phi) is 4.92. The standard InChI is InChI=1S/C17H18F3N7O/c1-2-16(26-28)8-27(9-16)14-12(7-21)13(24-15(22)25-14)23-11-5-3-4-10(6-11)17(18,19)20/h3-7,21H,2,8-9H2,1H3,(H3,22,23,24,25). The Bertz CT molecular complexity index is 910. The number of hydrogen-bond donors (Lipinski definition) is 3. The van der Waals surface area contributed by atoms with Crippen LogP contribution in [0, 0.1) is 10.3 Å². The zero-order valence-corrected chi connectivity index (χ0v) is 14.9. The molecule has 2 heterocycles. The highest BCUT2D eigenvalue weighted by molar-refractivity contribution is 5.93. The minimum Gasteiger partial charge on any atom is -0.368 e. The van der Waals surface area contributed by atoms with Gasteiger partial charge in [0.25, 0.3) is 0 Å². The van der Waals surface area contributed by atoms with Crippen molar-refractivity contribution in [3.05, 3.63) is 40.3 Å². The molecule has 0 radical (unpaired) electrons. The normalized spacial score (nSPS) is 15.6. The number of nitrogens with two attached hydrogens (primary N) is 1. The summed E-state index contributed by atoms with van der Waals surface area (Å²) in [4.78, 5) is 21.0. The average Bonchev–Trinajstić information content (AvgIpc) is 2.61. The van der Waals surface area contributed by atoms with Crippen molar-refractivity contribution in [2.24, 2.45) is 5.18 Å². The molecule has 148 valence electrons. The van der Waals surface area contributed by atoms with E-state index < -0.39 is 17.3 Å².